The van der Waals surface area contributed by atoms with Gasteiger partial charge in [-0.2, -0.15) is 0 Å². The van der Waals surface area contributed by atoms with Crippen LogP contribution in [-0.4, -0.2) is 17.6 Å². The molecule has 0 aliphatic carbocycles. The van der Waals surface area contributed by atoms with E-state index in [-0.39, 0.29) is 17.2 Å². The summed E-state index contributed by atoms with van der Waals surface area (Å²) in [4.78, 5) is 17.1. The number of aromatic nitrogens is 1. The Kier molecular flexibility index (Phi) is 5.04. The highest BCUT2D eigenvalue weighted by Gasteiger charge is 2.28. The minimum absolute atomic E-state index is 0.284. The average molecular weight is 336 g/mol. The van der Waals surface area contributed by atoms with Crippen LogP contribution in [0.25, 0.3) is 0 Å². The number of carbonyl (C=O) groups is 1. The second kappa shape index (κ2) is 6.66. The van der Waals surface area contributed by atoms with Gasteiger partial charge >= 0.3 is 5.97 Å². The number of anilines is 2. The molecule has 124 valence electrons. The van der Waals surface area contributed by atoms with Crippen LogP contribution in [0.3, 0.4) is 0 Å². The number of thiazole rings is 1. The number of benzene rings is 1. The summed E-state index contributed by atoms with van der Waals surface area (Å²) in [5.41, 5.74) is 1.56. The van der Waals surface area contributed by atoms with Gasteiger partial charge < -0.3 is 10.1 Å². The number of carbonyl (C=O) groups excluding carboxylic acids is 1. The predicted octanol–water partition coefficient (Wildman–Crippen LogP) is 4.81. The van der Waals surface area contributed by atoms with Crippen LogP contribution in [0.5, 0.6) is 0 Å². The van der Waals surface area contributed by atoms with Crippen molar-refractivity contribution < 1.29 is 13.9 Å². The highest BCUT2D eigenvalue weighted by atomic mass is 32.1. The summed E-state index contributed by atoms with van der Waals surface area (Å²) in [5.74, 6) is -0.661. The lowest BCUT2D eigenvalue weighted by Crippen LogP contribution is -2.17. The Morgan fingerprint density at radius 2 is 2.09 bits per heavy atom. The van der Waals surface area contributed by atoms with Gasteiger partial charge in [0.05, 0.1) is 12.3 Å². The Balaban J connectivity index is 2.36. The van der Waals surface area contributed by atoms with E-state index >= 15 is 0 Å². The quantitative estimate of drug-likeness (QED) is 0.814. The lowest BCUT2D eigenvalue weighted by Gasteiger charge is -2.16. The molecule has 0 amide bonds. The molecule has 0 radical (unpaired) electrons. The van der Waals surface area contributed by atoms with E-state index < -0.39 is 0 Å². The first-order chi connectivity index (χ1) is 10.7. The normalized spacial score (nSPS) is 11.4. The number of esters is 1. The van der Waals surface area contributed by atoms with Crippen molar-refractivity contribution in [3.8, 4) is 0 Å². The van der Waals surface area contributed by atoms with Crippen LogP contribution in [0.2, 0.25) is 0 Å². The van der Waals surface area contributed by atoms with Crippen molar-refractivity contribution in [3.05, 3.63) is 40.2 Å². The molecular formula is C17H21FN2O2S. The summed E-state index contributed by atoms with van der Waals surface area (Å²) in [7, 11) is 0. The Morgan fingerprint density at radius 1 is 1.39 bits per heavy atom. The SMILES string of the molecule is CCOC(=O)c1sc(Nc2ccc(C)c(F)c2)nc1C(C)(C)C. The molecule has 1 aromatic carbocycles. The number of nitrogens with one attached hydrogen (secondary N) is 1. The Morgan fingerprint density at radius 3 is 2.65 bits per heavy atom. The highest BCUT2D eigenvalue weighted by Crippen LogP contribution is 2.34. The maximum Gasteiger partial charge on any atom is 0.350 e. The monoisotopic (exact) mass is 336 g/mol. The van der Waals surface area contributed by atoms with Gasteiger partial charge in [-0.15, -0.1) is 0 Å². The zero-order valence-electron chi connectivity index (χ0n) is 14.0. The van der Waals surface area contributed by atoms with Crippen LogP contribution in [0.4, 0.5) is 15.2 Å². The van der Waals surface area contributed by atoms with E-state index in [1.165, 1.54) is 17.4 Å². The third-order valence-corrected chi connectivity index (χ3v) is 4.17. The summed E-state index contributed by atoms with van der Waals surface area (Å²) in [5, 5.41) is 3.60. The first-order valence-electron chi connectivity index (χ1n) is 7.44. The van der Waals surface area contributed by atoms with E-state index in [1.807, 2.05) is 20.8 Å². The van der Waals surface area contributed by atoms with Gasteiger partial charge in [-0.25, -0.2) is 14.2 Å². The molecule has 0 aliphatic heterocycles. The van der Waals surface area contributed by atoms with Crippen LogP contribution < -0.4 is 5.32 Å². The highest BCUT2D eigenvalue weighted by molar-refractivity contribution is 7.17. The Bertz CT molecular complexity index is 720. The predicted molar refractivity (Wildman–Crippen MR) is 91.2 cm³/mol. The van der Waals surface area contributed by atoms with Gasteiger partial charge in [-0.05, 0) is 31.5 Å². The summed E-state index contributed by atoms with van der Waals surface area (Å²) < 4.78 is 18.8. The minimum atomic E-state index is -0.377. The molecule has 2 rings (SSSR count). The largest absolute Gasteiger partial charge is 0.462 e. The lowest BCUT2D eigenvalue weighted by molar-refractivity contribution is 0.0529. The van der Waals surface area contributed by atoms with Gasteiger partial charge in [-0.3, -0.25) is 0 Å². The van der Waals surface area contributed by atoms with Crippen molar-refractivity contribution in [2.45, 2.75) is 40.0 Å². The molecule has 0 atom stereocenters. The fraction of sp³-hybridized carbons (Fsp3) is 0.412. The van der Waals surface area contributed by atoms with Crippen molar-refractivity contribution >= 4 is 28.1 Å². The fourth-order valence-electron chi connectivity index (χ4n) is 2.01. The zero-order chi connectivity index (χ0) is 17.2. The van der Waals surface area contributed by atoms with Gasteiger partial charge in [0.1, 0.15) is 10.7 Å². The third-order valence-electron chi connectivity index (χ3n) is 3.22. The third kappa shape index (κ3) is 4.07. The van der Waals surface area contributed by atoms with Gasteiger partial charge in [0.2, 0.25) is 0 Å². The molecule has 0 spiro atoms. The molecule has 0 aliphatic rings. The molecule has 23 heavy (non-hydrogen) atoms. The first-order valence-corrected chi connectivity index (χ1v) is 8.25. The molecular weight excluding hydrogens is 315 g/mol. The van der Waals surface area contributed by atoms with Crippen LogP contribution >= 0.6 is 11.3 Å². The summed E-state index contributed by atoms with van der Waals surface area (Å²) >= 11 is 1.22. The van der Waals surface area contributed by atoms with Crippen molar-refractivity contribution in [3.63, 3.8) is 0 Å². The van der Waals surface area contributed by atoms with Crippen molar-refractivity contribution in [2.75, 3.05) is 11.9 Å². The molecule has 0 saturated heterocycles. The fourth-order valence-corrected chi connectivity index (χ4v) is 3.10. The van der Waals surface area contributed by atoms with E-state index in [2.05, 4.69) is 10.3 Å². The van der Waals surface area contributed by atoms with Gasteiger partial charge in [-0.1, -0.05) is 38.2 Å². The van der Waals surface area contributed by atoms with Gasteiger partial charge in [0, 0.05) is 11.1 Å². The number of aryl methyl sites for hydroxylation is 1. The molecule has 1 aromatic heterocycles. The van der Waals surface area contributed by atoms with E-state index in [4.69, 9.17) is 4.74 Å². The van der Waals surface area contributed by atoms with Crippen LogP contribution in [-0.2, 0) is 10.2 Å². The average Bonchev–Trinajstić information content (AvgIpc) is 2.87. The number of rotatable bonds is 4. The molecule has 6 heteroatoms. The molecule has 4 nitrogen and oxygen atoms in total. The summed E-state index contributed by atoms with van der Waals surface area (Å²) in [6, 6.07) is 4.89. The molecule has 0 unspecified atom stereocenters. The molecule has 0 fully saturated rings. The smallest absolute Gasteiger partial charge is 0.350 e. The maximum absolute atomic E-state index is 13.7. The molecule has 0 saturated carbocycles. The number of hydrogen-bond donors (Lipinski definition) is 1. The van der Waals surface area contributed by atoms with Crippen molar-refractivity contribution in [1.82, 2.24) is 4.98 Å². The maximum atomic E-state index is 13.7. The van der Waals surface area contributed by atoms with Crippen LogP contribution in [0.15, 0.2) is 18.2 Å². The molecule has 1 heterocycles. The van der Waals surface area contributed by atoms with E-state index in [9.17, 15) is 9.18 Å². The second-order valence-corrected chi connectivity index (χ2v) is 7.26. The second-order valence-electron chi connectivity index (χ2n) is 6.26. The van der Waals surface area contributed by atoms with E-state index in [1.54, 1.807) is 26.0 Å². The molecule has 1 N–H and O–H groups in total. The number of nitrogens with zero attached hydrogens (tertiary/aromatic N) is 1. The lowest BCUT2D eigenvalue weighted by atomic mass is 9.91. The number of ether oxygens (including phenoxy) is 1. The minimum Gasteiger partial charge on any atom is -0.462 e. The zero-order valence-corrected chi connectivity index (χ0v) is 14.8. The van der Waals surface area contributed by atoms with Crippen molar-refractivity contribution in [2.24, 2.45) is 0 Å². The van der Waals surface area contributed by atoms with Crippen LogP contribution in [0.1, 0.15) is 48.6 Å². The van der Waals surface area contributed by atoms with Crippen LogP contribution in [0, 0.1) is 12.7 Å². The topological polar surface area (TPSA) is 51.2 Å². The first kappa shape index (κ1) is 17.4. The number of halogens is 1. The number of hydrogen-bond acceptors (Lipinski definition) is 5. The van der Waals surface area contributed by atoms with E-state index in [0.717, 1.165) is 0 Å². The van der Waals surface area contributed by atoms with Gasteiger partial charge in [0.25, 0.3) is 0 Å². The molecule has 2 aromatic rings. The Labute approximate surface area is 139 Å². The van der Waals surface area contributed by atoms with E-state index in [0.29, 0.717) is 33.6 Å². The van der Waals surface area contributed by atoms with Crippen molar-refractivity contribution in [1.29, 1.82) is 0 Å². The van der Waals surface area contributed by atoms with Gasteiger partial charge in [0.15, 0.2) is 5.13 Å². The summed E-state index contributed by atoms with van der Waals surface area (Å²) in [6.07, 6.45) is 0. The molecule has 0 bridgehead atoms. The Hall–Kier alpha value is -1.95. The standard InChI is InChI=1S/C17H21FN2O2S/c1-6-22-15(21)13-14(17(3,4)5)20-16(23-13)19-11-8-7-10(2)12(18)9-11/h7-9H,6H2,1-5H3,(H,19,20). The summed E-state index contributed by atoms with van der Waals surface area (Å²) in [6.45, 7) is 9.75.